The molecule has 0 aliphatic rings. The van der Waals surface area contributed by atoms with Crippen molar-refractivity contribution in [1.82, 2.24) is 9.97 Å². The Morgan fingerprint density at radius 3 is 2.71 bits per heavy atom. The zero-order valence-electron chi connectivity index (χ0n) is 15.4. The lowest BCUT2D eigenvalue weighted by atomic mass is 10.1. The lowest BCUT2D eigenvalue weighted by molar-refractivity contribution is 0.373. The average molecular weight is 390 g/mol. The first-order valence-electron chi connectivity index (χ1n) is 8.63. The Hall–Kier alpha value is -3.45. The molecule has 4 rings (SSSR count). The van der Waals surface area contributed by atoms with Gasteiger partial charge in [0.2, 0.25) is 0 Å². The number of aromatic hydroxyl groups is 1. The van der Waals surface area contributed by atoms with E-state index in [0.29, 0.717) is 11.6 Å². The molecule has 2 heterocycles. The molecule has 0 atom stereocenters. The fourth-order valence-electron chi connectivity index (χ4n) is 2.92. The molecule has 6 nitrogen and oxygen atoms in total. The summed E-state index contributed by atoms with van der Waals surface area (Å²) in [4.78, 5) is 9.95. The Bertz CT molecular complexity index is 1160. The van der Waals surface area contributed by atoms with Gasteiger partial charge in [0.1, 0.15) is 6.33 Å². The number of phenolic OH excluding ortho intramolecular Hbond substituents is 1. The van der Waals surface area contributed by atoms with Crippen LogP contribution in [0.15, 0.2) is 60.0 Å². The van der Waals surface area contributed by atoms with E-state index in [1.54, 1.807) is 29.7 Å². The zero-order valence-corrected chi connectivity index (χ0v) is 16.2. The van der Waals surface area contributed by atoms with Gasteiger partial charge >= 0.3 is 0 Å². The minimum atomic E-state index is 0.0669. The summed E-state index contributed by atoms with van der Waals surface area (Å²) in [5.41, 5.74) is 6.93. The van der Waals surface area contributed by atoms with E-state index in [4.69, 9.17) is 4.74 Å². The van der Waals surface area contributed by atoms with E-state index in [-0.39, 0.29) is 5.75 Å². The normalized spacial score (nSPS) is 11.2. The first-order chi connectivity index (χ1) is 13.7. The molecule has 140 valence electrons. The summed E-state index contributed by atoms with van der Waals surface area (Å²) in [5, 5.41) is 14.1. The Balaban J connectivity index is 1.63. The molecule has 0 unspecified atom stereocenters. The number of hydrogen-bond donors (Lipinski definition) is 2. The number of aromatic nitrogens is 2. The minimum absolute atomic E-state index is 0.0669. The molecule has 0 radical (unpaired) electrons. The molecule has 0 saturated heterocycles. The van der Waals surface area contributed by atoms with E-state index in [1.165, 1.54) is 18.3 Å². The quantitative estimate of drug-likeness (QED) is 0.377. The highest BCUT2D eigenvalue weighted by Crippen LogP contribution is 2.39. The molecule has 0 spiro atoms. The van der Waals surface area contributed by atoms with Crippen LogP contribution in [0.5, 0.6) is 11.5 Å². The summed E-state index contributed by atoms with van der Waals surface area (Å²) in [6.07, 6.45) is 3.15. The molecular weight excluding hydrogens is 372 g/mol. The number of phenols is 1. The first kappa shape index (κ1) is 17.9. The number of anilines is 1. The SMILES string of the molecule is COc1ccc(C=NNc2ncnc3c(C)c(-c4ccccc4)sc23)cc1O. The van der Waals surface area contributed by atoms with Crippen molar-refractivity contribution < 1.29 is 9.84 Å². The van der Waals surface area contributed by atoms with Crippen LogP contribution in [0.25, 0.3) is 20.7 Å². The molecule has 0 aliphatic carbocycles. The van der Waals surface area contributed by atoms with Crippen LogP contribution in [0.3, 0.4) is 0 Å². The monoisotopic (exact) mass is 390 g/mol. The van der Waals surface area contributed by atoms with E-state index in [1.807, 2.05) is 24.3 Å². The number of thiophene rings is 1. The van der Waals surface area contributed by atoms with Crippen molar-refractivity contribution in [2.24, 2.45) is 5.10 Å². The second-order valence-electron chi connectivity index (χ2n) is 6.12. The van der Waals surface area contributed by atoms with Crippen molar-refractivity contribution in [3.05, 3.63) is 66.0 Å². The Morgan fingerprint density at radius 1 is 1.14 bits per heavy atom. The van der Waals surface area contributed by atoms with Crippen LogP contribution in [0.2, 0.25) is 0 Å². The van der Waals surface area contributed by atoms with Crippen LogP contribution < -0.4 is 10.2 Å². The van der Waals surface area contributed by atoms with Gasteiger partial charge in [-0.3, -0.25) is 5.43 Å². The third kappa shape index (κ3) is 3.39. The highest BCUT2D eigenvalue weighted by atomic mass is 32.1. The number of hydrazone groups is 1. The summed E-state index contributed by atoms with van der Waals surface area (Å²) in [6, 6.07) is 15.3. The molecule has 0 saturated carbocycles. The van der Waals surface area contributed by atoms with E-state index < -0.39 is 0 Å². The lowest BCUT2D eigenvalue weighted by Crippen LogP contribution is -1.95. The summed E-state index contributed by atoms with van der Waals surface area (Å²) in [5.74, 6) is 1.14. The van der Waals surface area contributed by atoms with Gasteiger partial charge in [0.15, 0.2) is 17.3 Å². The van der Waals surface area contributed by atoms with E-state index >= 15 is 0 Å². The van der Waals surface area contributed by atoms with Gasteiger partial charge in [-0.2, -0.15) is 5.10 Å². The molecule has 0 aliphatic heterocycles. The minimum Gasteiger partial charge on any atom is -0.504 e. The maximum absolute atomic E-state index is 9.86. The maximum atomic E-state index is 9.86. The average Bonchev–Trinajstić information content (AvgIpc) is 3.06. The third-order valence-electron chi connectivity index (χ3n) is 4.33. The first-order valence-corrected chi connectivity index (χ1v) is 9.44. The predicted octanol–water partition coefficient (Wildman–Crippen LogP) is 4.83. The van der Waals surface area contributed by atoms with E-state index in [9.17, 15) is 5.11 Å². The van der Waals surface area contributed by atoms with Gasteiger partial charge in [-0.1, -0.05) is 30.3 Å². The summed E-state index contributed by atoms with van der Waals surface area (Å²) >= 11 is 1.64. The smallest absolute Gasteiger partial charge is 0.167 e. The number of fused-ring (bicyclic) bond motifs is 1. The molecule has 28 heavy (non-hydrogen) atoms. The van der Waals surface area contributed by atoms with Gasteiger partial charge < -0.3 is 9.84 Å². The molecule has 0 amide bonds. The van der Waals surface area contributed by atoms with Gasteiger partial charge in [0.25, 0.3) is 0 Å². The molecule has 0 bridgehead atoms. The Labute approximate surface area is 166 Å². The third-order valence-corrected chi connectivity index (χ3v) is 5.66. The fraction of sp³-hybridized carbons (Fsp3) is 0.0952. The van der Waals surface area contributed by atoms with Crippen LogP contribution in [0.4, 0.5) is 5.82 Å². The molecule has 7 heteroatoms. The summed E-state index contributed by atoms with van der Waals surface area (Å²) < 4.78 is 6.00. The van der Waals surface area contributed by atoms with Crippen molar-refractivity contribution in [2.75, 3.05) is 12.5 Å². The van der Waals surface area contributed by atoms with Gasteiger partial charge in [0.05, 0.1) is 23.5 Å². The van der Waals surface area contributed by atoms with Crippen LogP contribution >= 0.6 is 11.3 Å². The Morgan fingerprint density at radius 2 is 1.96 bits per heavy atom. The molecule has 2 aromatic carbocycles. The number of hydrogen-bond acceptors (Lipinski definition) is 7. The largest absolute Gasteiger partial charge is 0.504 e. The predicted molar refractivity (Wildman–Crippen MR) is 113 cm³/mol. The van der Waals surface area contributed by atoms with E-state index in [2.05, 4.69) is 39.6 Å². The number of nitrogens with zero attached hydrogens (tertiary/aromatic N) is 3. The zero-order chi connectivity index (χ0) is 19.5. The molecule has 4 aromatic rings. The molecular formula is C21H18N4O2S. The van der Waals surface area contributed by atoms with Crippen LogP contribution in [0, 0.1) is 6.92 Å². The maximum Gasteiger partial charge on any atom is 0.167 e. The molecule has 0 fully saturated rings. The van der Waals surface area contributed by atoms with Crippen LogP contribution in [-0.2, 0) is 0 Å². The van der Waals surface area contributed by atoms with Crippen molar-refractivity contribution >= 4 is 33.6 Å². The van der Waals surface area contributed by atoms with Gasteiger partial charge in [-0.25, -0.2) is 9.97 Å². The fourth-order valence-corrected chi connectivity index (χ4v) is 4.13. The number of nitrogens with one attached hydrogen (secondary N) is 1. The Kier molecular flexibility index (Phi) is 4.90. The second kappa shape index (κ2) is 7.66. The van der Waals surface area contributed by atoms with E-state index in [0.717, 1.165) is 26.9 Å². The van der Waals surface area contributed by atoms with Crippen LogP contribution in [0.1, 0.15) is 11.1 Å². The van der Waals surface area contributed by atoms with Crippen LogP contribution in [-0.4, -0.2) is 28.4 Å². The van der Waals surface area contributed by atoms with Gasteiger partial charge in [-0.15, -0.1) is 11.3 Å². The summed E-state index contributed by atoms with van der Waals surface area (Å²) in [7, 11) is 1.51. The van der Waals surface area contributed by atoms with Gasteiger partial charge in [0, 0.05) is 4.88 Å². The van der Waals surface area contributed by atoms with Gasteiger partial charge in [-0.05, 0) is 41.8 Å². The molecule has 2 aromatic heterocycles. The number of benzene rings is 2. The van der Waals surface area contributed by atoms with Crippen molar-refractivity contribution in [3.8, 4) is 21.9 Å². The number of ether oxygens (including phenoxy) is 1. The number of methoxy groups -OCH3 is 1. The lowest BCUT2D eigenvalue weighted by Gasteiger charge is -2.03. The topological polar surface area (TPSA) is 79.6 Å². The van der Waals surface area contributed by atoms with Crippen molar-refractivity contribution in [1.29, 1.82) is 0 Å². The number of rotatable bonds is 5. The number of aryl methyl sites for hydroxylation is 1. The highest BCUT2D eigenvalue weighted by Gasteiger charge is 2.14. The van der Waals surface area contributed by atoms with Crippen molar-refractivity contribution in [3.63, 3.8) is 0 Å². The summed E-state index contributed by atoms with van der Waals surface area (Å²) in [6.45, 7) is 2.07. The highest BCUT2D eigenvalue weighted by molar-refractivity contribution is 7.23. The second-order valence-corrected chi connectivity index (χ2v) is 7.14. The molecule has 2 N–H and O–H groups in total. The standard InChI is InChI=1S/C21H18N4O2S/c1-13-18-20(28-19(13)15-6-4-3-5-7-15)21(23-12-22-18)25-24-11-14-8-9-17(27-2)16(26)10-14/h3-12,26H,1-2H3,(H,22,23,25). The van der Waals surface area contributed by atoms with Crippen molar-refractivity contribution in [2.45, 2.75) is 6.92 Å².